The Kier molecular flexibility index (Phi) is 7.56. The van der Waals surface area contributed by atoms with Crippen LogP contribution in [0.4, 0.5) is 17.1 Å². The Morgan fingerprint density at radius 3 is 1.59 bits per heavy atom. The molecule has 0 saturated carbocycles. The smallest absolute Gasteiger partial charge is 0.0540 e. The fourth-order valence-electron chi connectivity index (χ4n) is 8.81. The summed E-state index contributed by atoms with van der Waals surface area (Å²) in [7, 11) is 0. The molecule has 0 atom stereocenters. The van der Waals surface area contributed by atoms with Crippen molar-refractivity contribution in [2.45, 2.75) is 19.3 Å². The Hall–Kier alpha value is -6.70. The molecule has 0 radical (unpaired) electrons. The van der Waals surface area contributed by atoms with Gasteiger partial charge in [0.15, 0.2) is 0 Å². The van der Waals surface area contributed by atoms with Gasteiger partial charge in [-0.25, -0.2) is 0 Å². The Morgan fingerprint density at radius 2 is 0.815 bits per heavy atom. The van der Waals surface area contributed by atoms with E-state index in [1.807, 2.05) is 0 Å². The zero-order chi connectivity index (χ0) is 36.2. The van der Waals surface area contributed by atoms with Gasteiger partial charge in [-0.05, 0) is 90.5 Å². The summed E-state index contributed by atoms with van der Waals surface area (Å²) in [5, 5.41) is 4.97. The second-order valence-corrected chi connectivity index (χ2v) is 14.9. The predicted octanol–water partition coefficient (Wildman–Crippen LogP) is 14.8. The molecule has 1 nitrogen and oxygen atoms in total. The van der Waals surface area contributed by atoms with E-state index in [0.717, 1.165) is 17.1 Å². The molecule has 1 aliphatic carbocycles. The summed E-state index contributed by atoms with van der Waals surface area (Å²) in [5.41, 5.74) is 16.1. The minimum Gasteiger partial charge on any atom is -0.309 e. The lowest BCUT2D eigenvalue weighted by atomic mass is 9.82. The van der Waals surface area contributed by atoms with Crippen molar-refractivity contribution in [3.05, 3.63) is 211 Å². The van der Waals surface area contributed by atoms with Crippen molar-refractivity contribution in [1.29, 1.82) is 0 Å². The summed E-state index contributed by atoms with van der Waals surface area (Å²) >= 11 is 0. The Labute approximate surface area is 317 Å². The topological polar surface area (TPSA) is 3.24 Å². The molecule has 0 heterocycles. The zero-order valence-corrected chi connectivity index (χ0v) is 30.5. The van der Waals surface area contributed by atoms with Gasteiger partial charge in [-0.2, -0.15) is 0 Å². The molecule has 10 rings (SSSR count). The second kappa shape index (κ2) is 12.8. The molecular weight excluding hydrogens is 651 g/mol. The maximum atomic E-state index is 2.45. The first-order chi connectivity index (χ1) is 26.6. The van der Waals surface area contributed by atoms with Crippen molar-refractivity contribution in [2.24, 2.45) is 0 Å². The Balaban J connectivity index is 1.10. The van der Waals surface area contributed by atoms with Crippen LogP contribution in [0.25, 0.3) is 66.1 Å². The summed E-state index contributed by atoms with van der Waals surface area (Å²) < 4.78 is 0. The molecule has 54 heavy (non-hydrogen) atoms. The third kappa shape index (κ3) is 5.16. The number of nitrogens with zero attached hydrogens (tertiary/aromatic N) is 1. The van der Waals surface area contributed by atoms with Crippen LogP contribution in [0.3, 0.4) is 0 Å². The lowest BCUT2D eigenvalue weighted by Gasteiger charge is -2.30. The monoisotopic (exact) mass is 689 g/mol. The Bertz CT molecular complexity index is 2830. The van der Waals surface area contributed by atoms with Crippen LogP contribution < -0.4 is 4.90 Å². The minimum atomic E-state index is -0.0743. The number of anilines is 3. The van der Waals surface area contributed by atoms with Crippen LogP contribution in [0.2, 0.25) is 0 Å². The van der Waals surface area contributed by atoms with Gasteiger partial charge in [0.1, 0.15) is 0 Å². The van der Waals surface area contributed by atoms with Gasteiger partial charge in [-0.3, -0.25) is 0 Å². The second-order valence-electron chi connectivity index (χ2n) is 14.9. The summed E-state index contributed by atoms with van der Waals surface area (Å²) in [4.78, 5) is 2.45. The molecular formula is C53H39N. The van der Waals surface area contributed by atoms with Crippen LogP contribution >= 0.6 is 0 Å². The highest BCUT2D eigenvalue weighted by atomic mass is 15.1. The number of para-hydroxylation sites is 1. The molecule has 0 unspecified atom stereocenters. The van der Waals surface area contributed by atoms with E-state index in [1.54, 1.807) is 0 Å². The number of hydrogen-bond acceptors (Lipinski definition) is 1. The molecule has 9 aromatic rings. The van der Waals surface area contributed by atoms with Gasteiger partial charge in [0.2, 0.25) is 0 Å². The number of benzene rings is 9. The molecule has 0 fully saturated rings. The van der Waals surface area contributed by atoms with Crippen LogP contribution in [-0.2, 0) is 5.41 Å². The highest BCUT2D eigenvalue weighted by Crippen LogP contribution is 2.54. The van der Waals surface area contributed by atoms with Gasteiger partial charge >= 0.3 is 0 Å². The first kappa shape index (κ1) is 32.0. The van der Waals surface area contributed by atoms with Crippen molar-refractivity contribution in [3.8, 4) is 44.5 Å². The van der Waals surface area contributed by atoms with Crippen LogP contribution in [0.15, 0.2) is 200 Å². The Morgan fingerprint density at radius 1 is 0.333 bits per heavy atom. The lowest BCUT2D eigenvalue weighted by Crippen LogP contribution is -2.15. The maximum Gasteiger partial charge on any atom is 0.0540 e. The largest absolute Gasteiger partial charge is 0.309 e. The summed E-state index contributed by atoms with van der Waals surface area (Å²) in [5.74, 6) is 0. The van der Waals surface area contributed by atoms with E-state index < -0.39 is 0 Å². The average Bonchev–Trinajstić information content (AvgIpc) is 3.47. The standard InChI is InChI=1S/C53H39N/c1-53(2)48-24-9-7-21-47(48)52-46(23-13-25-49(52)53)45-20-8-10-26-51(45)54(50-27-12-17-39-15-4-6-19-44(39)50)41-34-32-37(33-35-41)36-28-30-40(31-29-36)43-22-11-16-38-14-3-5-18-42(38)43/h3-35H,1-2H3. The predicted molar refractivity (Wildman–Crippen MR) is 230 cm³/mol. The molecule has 9 aromatic carbocycles. The van der Waals surface area contributed by atoms with E-state index in [1.165, 1.54) is 77.2 Å². The van der Waals surface area contributed by atoms with Crippen molar-refractivity contribution >= 4 is 38.6 Å². The molecule has 0 amide bonds. The highest BCUT2D eigenvalue weighted by Gasteiger charge is 2.37. The summed E-state index contributed by atoms with van der Waals surface area (Å²) in [6, 6.07) is 73.3. The van der Waals surface area contributed by atoms with Crippen LogP contribution in [0.5, 0.6) is 0 Å². The highest BCUT2D eigenvalue weighted by molar-refractivity contribution is 6.03. The van der Waals surface area contributed by atoms with Gasteiger partial charge in [0.25, 0.3) is 0 Å². The van der Waals surface area contributed by atoms with Gasteiger partial charge < -0.3 is 4.90 Å². The quantitative estimate of drug-likeness (QED) is 0.168. The summed E-state index contributed by atoms with van der Waals surface area (Å²) in [6.07, 6.45) is 0. The van der Waals surface area contributed by atoms with Gasteiger partial charge in [0.05, 0.1) is 11.4 Å². The number of hydrogen-bond donors (Lipinski definition) is 0. The van der Waals surface area contributed by atoms with E-state index >= 15 is 0 Å². The lowest BCUT2D eigenvalue weighted by molar-refractivity contribution is 0.660. The molecule has 0 spiro atoms. The van der Waals surface area contributed by atoms with Gasteiger partial charge in [0, 0.05) is 22.1 Å². The maximum absolute atomic E-state index is 2.45. The van der Waals surface area contributed by atoms with Crippen molar-refractivity contribution in [1.82, 2.24) is 0 Å². The van der Waals surface area contributed by atoms with Crippen molar-refractivity contribution < 1.29 is 0 Å². The van der Waals surface area contributed by atoms with Crippen molar-refractivity contribution in [2.75, 3.05) is 4.90 Å². The minimum absolute atomic E-state index is 0.0743. The van der Waals surface area contributed by atoms with Crippen LogP contribution in [-0.4, -0.2) is 0 Å². The van der Waals surface area contributed by atoms with Gasteiger partial charge in [-0.15, -0.1) is 0 Å². The fraction of sp³-hybridized carbons (Fsp3) is 0.0566. The van der Waals surface area contributed by atoms with Gasteiger partial charge in [-0.1, -0.05) is 190 Å². The third-order valence-corrected chi connectivity index (χ3v) is 11.5. The molecule has 0 bridgehead atoms. The normalized spacial score (nSPS) is 12.8. The molecule has 1 heteroatoms. The van der Waals surface area contributed by atoms with E-state index in [9.17, 15) is 0 Å². The van der Waals surface area contributed by atoms with E-state index in [0.29, 0.717) is 0 Å². The first-order valence-electron chi connectivity index (χ1n) is 18.9. The molecule has 1 aliphatic rings. The van der Waals surface area contributed by atoms with Crippen LogP contribution in [0.1, 0.15) is 25.0 Å². The van der Waals surface area contributed by atoms with E-state index in [4.69, 9.17) is 0 Å². The number of rotatable bonds is 6. The third-order valence-electron chi connectivity index (χ3n) is 11.5. The van der Waals surface area contributed by atoms with Crippen molar-refractivity contribution in [3.63, 3.8) is 0 Å². The summed E-state index contributed by atoms with van der Waals surface area (Å²) in [6.45, 7) is 4.71. The average molecular weight is 690 g/mol. The van der Waals surface area contributed by atoms with E-state index in [-0.39, 0.29) is 5.41 Å². The molecule has 256 valence electrons. The molecule has 0 aromatic heterocycles. The van der Waals surface area contributed by atoms with Crippen LogP contribution in [0, 0.1) is 0 Å². The number of fused-ring (bicyclic) bond motifs is 5. The zero-order valence-electron chi connectivity index (χ0n) is 30.5. The molecule has 0 N–H and O–H groups in total. The molecule has 0 aliphatic heterocycles. The molecule has 0 saturated heterocycles. The van der Waals surface area contributed by atoms with E-state index in [2.05, 4.69) is 219 Å². The SMILES string of the molecule is CC1(C)c2ccccc2-c2c(-c3ccccc3N(c3ccc(-c4ccc(-c5cccc6ccccc56)cc4)cc3)c3cccc4ccccc34)cccc21. The fourth-order valence-corrected chi connectivity index (χ4v) is 8.81. The first-order valence-corrected chi connectivity index (χ1v) is 18.9.